The average Bonchev–Trinajstić information content (AvgIpc) is 3.06. The molecule has 0 saturated carbocycles. The molecule has 2 aromatic carbocycles. The second kappa shape index (κ2) is 9.19. The Hall–Kier alpha value is -2.41. The SMILES string of the molecule is Cc1ccc(Nc2nc(CN(C)CC(=O)Nc3ccccc3Cl)cs2)cc1C. The number of carbonyl (C=O) groups is 1. The highest BCUT2D eigenvalue weighted by Crippen LogP contribution is 2.23. The summed E-state index contributed by atoms with van der Waals surface area (Å²) in [5, 5.41) is 9.55. The van der Waals surface area contributed by atoms with E-state index in [-0.39, 0.29) is 12.5 Å². The lowest BCUT2D eigenvalue weighted by Gasteiger charge is -2.15. The van der Waals surface area contributed by atoms with Gasteiger partial charge in [0.25, 0.3) is 0 Å². The summed E-state index contributed by atoms with van der Waals surface area (Å²) in [6.07, 6.45) is 0. The van der Waals surface area contributed by atoms with Gasteiger partial charge in [0.15, 0.2) is 5.13 Å². The highest BCUT2D eigenvalue weighted by molar-refractivity contribution is 7.13. The number of hydrogen-bond acceptors (Lipinski definition) is 5. The molecule has 7 heteroatoms. The number of aryl methyl sites for hydroxylation is 2. The molecule has 5 nitrogen and oxygen atoms in total. The van der Waals surface area contributed by atoms with Gasteiger partial charge in [0.2, 0.25) is 5.91 Å². The predicted molar refractivity (Wildman–Crippen MR) is 118 cm³/mol. The molecule has 0 aliphatic carbocycles. The summed E-state index contributed by atoms with van der Waals surface area (Å²) >= 11 is 7.63. The van der Waals surface area contributed by atoms with E-state index < -0.39 is 0 Å². The minimum atomic E-state index is -0.112. The molecule has 1 amide bonds. The maximum Gasteiger partial charge on any atom is 0.238 e. The molecule has 0 bridgehead atoms. The van der Waals surface area contributed by atoms with Crippen molar-refractivity contribution < 1.29 is 4.79 Å². The first-order valence-electron chi connectivity index (χ1n) is 8.92. The normalized spacial score (nSPS) is 10.9. The van der Waals surface area contributed by atoms with Crippen molar-refractivity contribution in [2.45, 2.75) is 20.4 Å². The van der Waals surface area contributed by atoms with Crippen LogP contribution >= 0.6 is 22.9 Å². The zero-order valence-electron chi connectivity index (χ0n) is 16.1. The molecule has 146 valence electrons. The molecule has 0 fully saturated rings. The van der Waals surface area contributed by atoms with Crippen molar-refractivity contribution in [1.82, 2.24) is 9.88 Å². The van der Waals surface area contributed by atoms with Crippen molar-refractivity contribution in [2.24, 2.45) is 0 Å². The maximum absolute atomic E-state index is 12.2. The third kappa shape index (κ3) is 5.55. The molecule has 0 aliphatic heterocycles. The number of anilines is 3. The topological polar surface area (TPSA) is 57.3 Å². The summed E-state index contributed by atoms with van der Waals surface area (Å²) in [4.78, 5) is 18.8. The predicted octanol–water partition coefficient (Wildman–Crippen LogP) is 5.23. The number of amides is 1. The lowest BCUT2D eigenvalue weighted by Crippen LogP contribution is -2.30. The third-order valence-corrected chi connectivity index (χ3v) is 5.44. The van der Waals surface area contributed by atoms with Crippen LogP contribution in [0.1, 0.15) is 16.8 Å². The number of hydrogen-bond donors (Lipinski definition) is 2. The minimum Gasteiger partial charge on any atom is -0.332 e. The number of likely N-dealkylation sites (N-methyl/N-ethyl adjacent to an activating group) is 1. The van der Waals surface area contributed by atoms with Crippen molar-refractivity contribution in [3.05, 3.63) is 69.7 Å². The van der Waals surface area contributed by atoms with Crippen LogP contribution in [0, 0.1) is 13.8 Å². The van der Waals surface area contributed by atoms with E-state index in [0.29, 0.717) is 17.3 Å². The van der Waals surface area contributed by atoms with Gasteiger partial charge in [0.1, 0.15) is 0 Å². The van der Waals surface area contributed by atoms with Gasteiger partial charge in [-0.3, -0.25) is 9.69 Å². The number of benzene rings is 2. The van der Waals surface area contributed by atoms with Crippen molar-refractivity contribution >= 4 is 45.4 Å². The van der Waals surface area contributed by atoms with Gasteiger partial charge < -0.3 is 10.6 Å². The van der Waals surface area contributed by atoms with Crippen LogP contribution < -0.4 is 10.6 Å². The molecular formula is C21H23ClN4OS. The molecule has 1 aromatic heterocycles. The van der Waals surface area contributed by atoms with E-state index in [0.717, 1.165) is 16.5 Å². The van der Waals surface area contributed by atoms with Crippen LogP contribution in [0.25, 0.3) is 0 Å². The van der Waals surface area contributed by atoms with E-state index >= 15 is 0 Å². The second-order valence-corrected chi connectivity index (χ2v) is 8.03. The lowest BCUT2D eigenvalue weighted by molar-refractivity contribution is -0.117. The van der Waals surface area contributed by atoms with Gasteiger partial charge in [-0.2, -0.15) is 0 Å². The lowest BCUT2D eigenvalue weighted by atomic mass is 10.1. The first kappa shape index (κ1) is 20.3. The molecule has 3 rings (SSSR count). The Kier molecular flexibility index (Phi) is 6.67. The highest BCUT2D eigenvalue weighted by Gasteiger charge is 2.11. The van der Waals surface area contributed by atoms with Gasteiger partial charge >= 0.3 is 0 Å². The van der Waals surface area contributed by atoms with Crippen LogP contribution in [0.5, 0.6) is 0 Å². The monoisotopic (exact) mass is 414 g/mol. The Morgan fingerprint density at radius 2 is 1.96 bits per heavy atom. The van der Waals surface area contributed by atoms with Crippen LogP contribution in [-0.2, 0) is 11.3 Å². The van der Waals surface area contributed by atoms with E-state index in [9.17, 15) is 4.79 Å². The number of nitrogens with zero attached hydrogens (tertiary/aromatic N) is 2. The van der Waals surface area contributed by atoms with Crippen LogP contribution in [0.4, 0.5) is 16.5 Å². The summed E-state index contributed by atoms with van der Waals surface area (Å²) in [5.74, 6) is -0.112. The van der Waals surface area contributed by atoms with Crippen LogP contribution in [0.2, 0.25) is 5.02 Å². The first-order chi connectivity index (χ1) is 13.4. The molecule has 2 N–H and O–H groups in total. The van der Waals surface area contributed by atoms with Crippen molar-refractivity contribution in [3.63, 3.8) is 0 Å². The van der Waals surface area contributed by atoms with Crippen LogP contribution in [0.3, 0.4) is 0 Å². The van der Waals surface area contributed by atoms with E-state index in [4.69, 9.17) is 11.6 Å². The molecular weight excluding hydrogens is 392 g/mol. The Labute approximate surface area is 174 Å². The number of nitrogens with one attached hydrogen (secondary N) is 2. The number of carbonyl (C=O) groups excluding carboxylic acids is 1. The van der Waals surface area contributed by atoms with Crippen LogP contribution in [-0.4, -0.2) is 29.4 Å². The largest absolute Gasteiger partial charge is 0.332 e. The molecule has 3 aromatic rings. The van der Waals surface area contributed by atoms with Gasteiger partial charge in [-0.25, -0.2) is 4.98 Å². The van der Waals surface area contributed by atoms with E-state index in [1.54, 1.807) is 23.5 Å². The average molecular weight is 415 g/mol. The summed E-state index contributed by atoms with van der Waals surface area (Å²) in [6.45, 7) is 5.03. The number of thiazole rings is 1. The number of para-hydroxylation sites is 1. The van der Waals surface area contributed by atoms with Crippen LogP contribution in [0.15, 0.2) is 47.8 Å². The van der Waals surface area contributed by atoms with Gasteiger partial charge in [0, 0.05) is 17.6 Å². The molecule has 0 saturated heterocycles. The smallest absolute Gasteiger partial charge is 0.238 e. The highest BCUT2D eigenvalue weighted by atomic mass is 35.5. The van der Waals surface area contributed by atoms with Gasteiger partial charge in [-0.05, 0) is 56.3 Å². The third-order valence-electron chi connectivity index (χ3n) is 4.30. The van der Waals surface area contributed by atoms with Gasteiger partial charge in [-0.1, -0.05) is 29.8 Å². The Bertz CT molecular complexity index is 973. The number of aromatic nitrogens is 1. The number of rotatable bonds is 7. The van der Waals surface area contributed by atoms with E-state index in [2.05, 4.69) is 47.7 Å². The van der Waals surface area contributed by atoms with E-state index in [1.807, 2.05) is 29.5 Å². The Morgan fingerprint density at radius 1 is 1.18 bits per heavy atom. The quantitative estimate of drug-likeness (QED) is 0.556. The molecule has 1 heterocycles. The zero-order chi connectivity index (χ0) is 20.1. The maximum atomic E-state index is 12.2. The Morgan fingerprint density at radius 3 is 2.71 bits per heavy atom. The fourth-order valence-electron chi connectivity index (χ4n) is 2.71. The van der Waals surface area contributed by atoms with Crippen molar-refractivity contribution in [3.8, 4) is 0 Å². The molecule has 0 spiro atoms. The van der Waals surface area contributed by atoms with Gasteiger partial charge in [0.05, 0.1) is 22.9 Å². The molecule has 0 unspecified atom stereocenters. The molecule has 0 aliphatic rings. The number of halogens is 1. The standard InChI is InChI=1S/C21H23ClN4OS/c1-14-8-9-16(10-15(14)2)23-21-24-17(13-28-21)11-26(3)12-20(27)25-19-7-5-4-6-18(19)22/h4-10,13H,11-12H2,1-3H3,(H,23,24)(H,25,27). The Balaban J connectivity index is 1.53. The zero-order valence-corrected chi connectivity index (χ0v) is 17.7. The summed E-state index contributed by atoms with van der Waals surface area (Å²) in [6, 6.07) is 13.5. The van der Waals surface area contributed by atoms with E-state index in [1.165, 1.54) is 11.1 Å². The fraction of sp³-hybridized carbons (Fsp3) is 0.238. The molecule has 0 atom stereocenters. The fourth-order valence-corrected chi connectivity index (χ4v) is 3.61. The minimum absolute atomic E-state index is 0.112. The van der Waals surface area contributed by atoms with Crippen molar-refractivity contribution in [1.29, 1.82) is 0 Å². The summed E-state index contributed by atoms with van der Waals surface area (Å²) in [5.41, 5.74) is 5.07. The first-order valence-corrected chi connectivity index (χ1v) is 10.2. The summed E-state index contributed by atoms with van der Waals surface area (Å²) < 4.78 is 0. The summed E-state index contributed by atoms with van der Waals surface area (Å²) in [7, 11) is 1.89. The molecule has 0 radical (unpaired) electrons. The molecule has 28 heavy (non-hydrogen) atoms. The van der Waals surface area contributed by atoms with Gasteiger partial charge in [-0.15, -0.1) is 11.3 Å². The van der Waals surface area contributed by atoms with Crippen molar-refractivity contribution in [2.75, 3.05) is 24.2 Å². The second-order valence-electron chi connectivity index (χ2n) is 6.77.